The number of hydrogen-bond acceptors (Lipinski definition) is 6. The van der Waals surface area contributed by atoms with E-state index < -0.39 is 10.0 Å². The Morgan fingerprint density at radius 1 is 1.00 bits per heavy atom. The minimum absolute atomic E-state index is 0.0584. The molecule has 1 aliphatic rings. The second-order valence-corrected chi connectivity index (χ2v) is 11.7. The van der Waals surface area contributed by atoms with E-state index in [4.69, 9.17) is 0 Å². The number of benzene rings is 3. The fraction of sp³-hybridized carbons (Fsp3) is 0.179. The maximum absolute atomic E-state index is 13.7. The zero-order valence-corrected chi connectivity index (χ0v) is 22.4. The second-order valence-electron chi connectivity index (χ2n) is 8.97. The van der Waals surface area contributed by atoms with Crippen molar-refractivity contribution in [3.05, 3.63) is 95.2 Å². The van der Waals surface area contributed by atoms with Gasteiger partial charge in [0, 0.05) is 11.3 Å². The molecule has 1 aromatic heterocycles. The number of carbonyl (C=O) groups is 1. The predicted molar refractivity (Wildman–Crippen MR) is 147 cm³/mol. The second kappa shape index (κ2) is 9.99. The van der Waals surface area contributed by atoms with Gasteiger partial charge in [-0.05, 0) is 49.6 Å². The summed E-state index contributed by atoms with van der Waals surface area (Å²) in [6.45, 7) is 6.14. The molecule has 9 heteroatoms. The molecule has 0 saturated carbocycles. The molecule has 37 heavy (non-hydrogen) atoms. The molecule has 0 unspecified atom stereocenters. The summed E-state index contributed by atoms with van der Waals surface area (Å²) < 4.78 is 28.8. The molecule has 1 amide bonds. The van der Waals surface area contributed by atoms with Gasteiger partial charge < -0.3 is 5.32 Å². The van der Waals surface area contributed by atoms with Crippen LogP contribution in [-0.2, 0) is 21.4 Å². The molecular weight excluding hydrogens is 504 g/mol. The number of aryl methyl sites for hydroxylation is 2. The van der Waals surface area contributed by atoms with E-state index in [1.807, 2.05) is 81.4 Å². The van der Waals surface area contributed by atoms with Gasteiger partial charge in [0.05, 0.1) is 29.9 Å². The number of nitrogens with zero attached hydrogens (tertiary/aromatic N) is 3. The molecule has 0 spiro atoms. The zero-order valence-electron chi connectivity index (χ0n) is 20.7. The van der Waals surface area contributed by atoms with E-state index in [2.05, 4.69) is 15.3 Å². The lowest BCUT2D eigenvalue weighted by molar-refractivity contribution is -0.113. The van der Waals surface area contributed by atoms with Crippen molar-refractivity contribution in [1.82, 2.24) is 9.97 Å². The van der Waals surface area contributed by atoms with E-state index in [1.165, 1.54) is 22.3 Å². The summed E-state index contributed by atoms with van der Waals surface area (Å²) in [4.78, 5) is 21.5. The Morgan fingerprint density at radius 2 is 1.78 bits per heavy atom. The average molecular weight is 531 g/mol. The van der Waals surface area contributed by atoms with Gasteiger partial charge in [-0.25, -0.2) is 18.4 Å². The highest BCUT2D eigenvalue weighted by molar-refractivity contribution is 7.99. The number of aromatic nitrogens is 2. The van der Waals surface area contributed by atoms with E-state index in [0.29, 0.717) is 22.1 Å². The van der Waals surface area contributed by atoms with Crippen molar-refractivity contribution in [2.75, 3.05) is 15.4 Å². The summed E-state index contributed by atoms with van der Waals surface area (Å²) in [5.41, 5.74) is 6.47. The van der Waals surface area contributed by atoms with Crippen LogP contribution < -0.4 is 9.62 Å². The lowest BCUT2D eigenvalue weighted by Crippen LogP contribution is -2.34. The molecule has 188 valence electrons. The molecule has 7 nitrogen and oxygen atoms in total. The standard InChI is InChI=1S/C28H26N4O3S2/c1-18-8-6-10-21(14-18)16-32-24-13-5-4-11-22(24)27-25(37(32,34)35)15-29-28(31-27)36-17-26(33)30-23-12-7-9-19(2)20(23)3/h4-15H,16-17H2,1-3H3,(H,30,33). The van der Waals surface area contributed by atoms with Crippen molar-refractivity contribution >= 4 is 39.1 Å². The van der Waals surface area contributed by atoms with E-state index in [9.17, 15) is 13.2 Å². The SMILES string of the molecule is Cc1cccc(CN2c3ccccc3-c3nc(SCC(=O)Nc4cccc(C)c4C)ncc3S2(=O)=O)c1. The smallest absolute Gasteiger partial charge is 0.268 e. The van der Waals surface area contributed by atoms with Crippen LogP contribution in [0.5, 0.6) is 0 Å². The molecule has 0 radical (unpaired) electrons. The average Bonchev–Trinajstić information content (AvgIpc) is 2.88. The van der Waals surface area contributed by atoms with Crippen LogP contribution in [-0.4, -0.2) is 30.0 Å². The maximum atomic E-state index is 13.7. The molecule has 0 bridgehead atoms. The highest BCUT2D eigenvalue weighted by Gasteiger charge is 2.36. The summed E-state index contributed by atoms with van der Waals surface area (Å²) in [6.07, 6.45) is 1.35. The largest absolute Gasteiger partial charge is 0.325 e. The van der Waals surface area contributed by atoms with E-state index in [1.54, 1.807) is 6.07 Å². The molecule has 0 atom stereocenters. The molecule has 3 aromatic carbocycles. The minimum Gasteiger partial charge on any atom is -0.325 e. The maximum Gasteiger partial charge on any atom is 0.268 e. The van der Waals surface area contributed by atoms with Crippen LogP contribution in [0.4, 0.5) is 11.4 Å². The molecule has 1 aliphatic heterocycles. The molecule has 5 rings (SSSR count). The van der Waals surface area contributed by atoms with Gasteiger partial charge in [0.15, 0.2) is 5.16 Å². The van der Waals surface area contributed by atoms with Crippen molar-refractivity contribution in [1.29, 1.82) is 0 Å². The number of para-hydroxylation sites is 1. The lowest BCUT2D eigenvalue weighted by atomic mass is 10.1. The molecule has 0 fully saturated rings. The van der Waals surface area contributed by atoms with Gasteiger partial charge in [-0.3, -0.25) is 9.10 Å². The number of nitrogens with one attached hydrogen (secondary N) is 1. The van der Waals surface area contributed by atoms with E-state index >= 15 is 0 Å². The summed E-state index contributed by atoms with van der Waals surface area (Å²) in [5.74, 6) is -0.0857. The van der Waals surface area contributed by atoms with Gasteiger partial charge in [0.25, 0.3) is 10.0 Å². The number of fused-ring (bicyclic) bond motifs is 3. The first-order valence-corrected chi connectivity index (χ1v) is 14.2. The van der Waals surface area contributed by atoms with Gasteiger partial charge in [-0.2, -0.15) is 0 Å². The molecule has 0 aliphatic carbocycles. The number of anilines is 2. The fourth-order valence-corrected chi connectivity index (χ4v) is 6.47. The van der Waals surface area contributed by atoms with Gasteiger partial charge in [-0.15, -0.1) is 0 Å². The van der Waals surface area contributed by atoms with Gasteiger partial charge in [0.1, 0.15) is 4.90 Å². The van der Waals surface area contributed by atoms with Crippen LogP contribution in [0.15, 0.2) is 83.0 Å². The molecule has 0 saturated heterocycles. The number of rotatable bonds is 6. The highest BCUT2D eigenvalue weighted by Crippen LogP contribution is 2.42. The third-order valence-electron chi connectivity index (χ3n) is 6.35. The van der Waals surface area contributed by atoms with Crippen LogP contribution in [0.25, 0.3) is 11.3 Å². The van der Waals surface area contributed by atoms with E-state index in [0.717, 1.165) is 27.9 Å². The van der Waals surface area contributed by atoms with Gasteiger partial charge in [-0.1, -0.05) is 71.9 Å². The normalized spacial score (nSPS) is 13.5. The monoisotopic (exact) mass is 530 g/mol. The number of carbonyl (C=O) groups excluding carboxylic acids is 1. The van der Waals surface area contributed by atoms with Crippen molar-refractivity contribution in [3.8, 4) is 11.3 Å². The number of thioether (sulfide) groups is 1. The van der Waals surface area contributed by atoms with Crippen LogP contribution >= 0.6 is 11.8 Å². The van der Waals surface area contributed by atoms with Crippen molar-refractivity contribution in [3.63, 3.8) is 0 Å². The lowest BCUT2D eigenvalue weighted by Gasteiger charge is -2.31. The van der Waals surface area contributed by atoms with Crippen molar-refractivity contribution in [2.45, 2.75) is 37.4 Å². The molecule has 2 heterocycles. The Labute approximate surface area is 221 Å². The molecular formula is C28H26N4O3S2. The summed E-state index contributed by atoms with van der Waals surface area (Å²) in [6, 6.07) is 20.9. The minimum atomic E-state index is -3.89. The first-order valence-electron chi connectivity index (χ1n) is 11.8. The number of hydrogen-bond donors (Lipinski definition) is 1. The quantitative estimate of drug-likeness (QED) is 0.261. The third-order valence-corrected chi connectivity index (χ3v) is 8.97. The Balaban J connectivity index is 1.41. The Morgan fingerprint density at radius 3 is 2.59 bits per heavy atom. The van der Waals surface area contributed by atoms with Gasteiger partial charge >= 0.3 is 0 Å². The number of amides is 1. The summed E-state index contributed by atoms with van der Waals surface area (Å²) in [7, 11) is -3.89. The van der Waals surface area contributed by atoms with E-state index in [-0.39, 0.29) is 23.1 Å². The first-order chi connectivity index (χ1) is 17.7. The summed E-state index contributed by atoms with van der Waals surface area (Å²) in [5, 5.41) is 3.27. The van der Waals surface area contributed by atoms with Crippen LogP contribution in [0.3, 0.4) is 0 Å². The Hall–Kier alpha value is -3.69. The molecule has 4 aromatic rings. The van der Waals surface area contributed by atoms with Crippen LogP contribution in [0.1, 0.15) is 22.3 Å². The predicted octanol–water partition coefficient (Wildman–Crippen LogP) is 5.51. The third kappa shape index (κ3) is 4.97. The fourth-order valence-electron chi connectivity index (χ4n) is 4.29. The van der Waals surface area contributed by atoms with Gasteiger partial charge in [0.2, 0.25) is 5.91 Å². The van der Waals surface area contributed by atoms with Crippen LogP contribution in [0.2, 0.25) is 0 Å². The Bertz CT molecular complexity index is 1620. The van der Waals surface area contributed by atoms with Crippen LogP contribution in [0, 0.1) is 20.8 Å². The zero-order chi connectivity index (χ0) is 26.2. The van der Waals surface area contributed by atoms with Crippen molar-refractivity contribution in [2.24, 2.45) is 0 Å². The Kier molecular flexibility index (Phi) is 6.74. The first kappa shape index (κ1) is 25.0. The summed E-state index contributed by atoms with van der Waals surface area (Å²) >= 11 is 1.17. The topological polar surface area (TPSA) is 92.3 Å². The molecule has 1 N–H and O–H groups in total. The highest BCUT2D eigenvalue weighted by atomic mass is 32.2. The van der Waals surface area contributed by atoms with Crippen molar-refractivity contribution < 1.29 is 13.2 Å². The number of sulfonamides is 1.